The highest BCUT2D eigenvalue weighted by molar-refractivity contribution is 7.88. The van der Waals surface area contributed by atoms with E-state index in [4.69, 9.17) is 0 Å². The molecule has 3 fully saturated rings. The van der Waals surface area contributed by atoms with E-state index in [0.29, 0.717) is 19.0 Å². The Bertz CT molecular complexity index is 522. The molecule has 3 unspecified atom stereocenters. The summed E-state index contributed by atoms with van der Waals surface area (Å²) in [4.78, 5) is 15.1. The van der Waals surface area contributed by atoms with Crippen molar-refractivity contribution in [3.8, 4) is 0 Å². The van der Waals surface area contributed by atoms with E-state index in [1.807, 2.05) is 0 Å². The Morgan fingerprint density at radius 2 is 1.73 bits per heavy atom. The standard InChI is InChI=1S/C15H27N3O3S/c1-22(20,21)18-10-5-3-7-14(18)15(19)16-12-8-11-17-9-4-2-6-13(12)17/h12-14H,2-11H2,1H3,(H,16,19). The molecule has 0 aliphatic carbocycles. The number of piperidine rings is 2. The molecule has 0 saturated carbocycles. The second-order valence-electron chi connectivity index (χ2n) is 6.89. The van der Waals surface area contributed by atoms with Crippen LogP contribution < -0.4 is 5.32 Å². The van der Waals surface area contributed by atoms with E-state index in [-0.39, 0.29) is 11.9 Å². The molecule has 7 heteroatoms. The molecule has 0 aromatic carbocycles. The highest BCUT2D eigenvalue weighted by Gasteiger charge is 2.39. The highest BCUT2D eigenvalue weighted by Crippen LogP contribution is 2.28. The van der Waals surface area contributed by atoms with Crippen molar-refractivity contribution < 1.29 is 13.2 Å². The Kier molecular flexibility index (Phi) is 4.75. The maximum absolute atomic E-state index is 12.6. The molecule has 3 saturated heterocycles. The summed E-state index contributed by atoms with van der Waals surface area (Å²) in [6.07, 6.45) is 8.22. The number of carbonyl (C=O) groups is 1. The van der Waals surface area contributed by atoms with Crippen molar-refractivity contribution in [2.45, 2.75) is 63.1 Å². The van der Waals surface area contributed by atoms with Gasteiger partial charge in [-0.3, -0.25) is 9.69 Å². The minimum Gasteiger partial charge on any atom is -0.350 e. The predicted molar refractivity (Wildman–Crippen MR) is 84.9 cm³/mol. The normalized spacial score (nSPS) is 34.3. The van der Waals surface area contributed by atoms with Gasteiger partial charge in [0.2, 0.25) is 15.9 Å². The average Bonchev–Trinajstić information content (AvgIpc) is 2.90. The van der Waals surface area contributed by atoms with Gasteiger partial charge in [0.05, 0.1) is 6.26 Å². The van der Waals surface area contributed by atoms with Gasteiger partial charge in [0.1, 0.15) is 6.04 Å². The number of rotatable bonds is 3. The maximum atomic E-state index is 12.6. The molecule has 22 heavy (non-hydrogen) atoms. The molecule has 3 atom stereocenters. The van der Waals surface area contributed by atoms with Crippen molar-refractivity contribution in [3.63, 3.8) is 0 Å². The molecule has 0 aromatic heterocycles. The summed E-state index contributed by atoms with van der Waals surface area (Å²) >= 11 is 0. The number of hydrogen-bond acceptors (Lipinski definition) is 4. The van der Waals surface area contributed by atoms with E-state index in [1.54, 1.807) is 0 Å². The minimum absolute atomic E-state index is 0.0949. The SMILES string of the molecule is CS(=O)(=O)N1CCCCC1C(=O)NC1CCN2CCCCC12. The summed E-state index contributed by atoms with van der Waals surface area (Å²) < 4.78 is 25.2. The molecule has 1 N–H and O–H groups in total. The van der Waals surface area contributed by atoms with Gasteiger partial charge in [-0.05, 0) is 38.6 Å². The molecule has 0 bridgehead atoms. The van der Waals surface area contributed by atoms with Gasteiger partial charge >= 0.3 is 0 Å². The zero-order valence-electron chi connectivity index (χ0n) is 13.3. The van der Waals surface area contributed by atoms with Crippen LogP contribution in [0.3, 0.4) is 0 Å². The van der Waals surface area contributed by atoms with E-state index in [9.17, 15) is 13.2 Å². The first-order valence-electron chi connectivity index (χ1n) is 8.48. The first-order chi connectivity index (χ1) is 10.5. The van der Waals surface area contributed by atoms with Crippen molar-refractivity contribution >= 4 is 15.9 Å². The van der Waals surface area contributed by atoms with Gasteiger partial charge in [-0.25, -0.2) is 8.42 Å². The smallest absolute Gasteiger partial charge is 0.238 e. The summed E-state index contributed by atoms with van der Waals surface area (Å²) in [6.45, 7) is 2.66. The fraction of sp³-hybridized carbons (Fsp3) is 0.933. The number of carbonyl (C=O) groups excluding carboxylic acids is 1. The molecule has 0 aromatic rings. The van der Waals surface area contributed by atoms with Crippen LogP contribution in [0.1, 0.15) is 44.9 Å². The summed E-state index contributed by atoms with van der Waals surface area (Å²) in [5.74, 6) is -0.0949. The lowest BCUT2D eigenvalue weighted by Gasteiger charge is -2.36. The number of nitrogens with zero attached hydrogens (tertiary/aromatic N) is 2. The molecule has 3 aliphatic heterocycles. The largest absolute Gasteiger partial charge is 0.350 e. The van der Waals surface area contributed by atoms with Gasteiger partial charge < -0.3 is 5.32 Å². The third-order valence-corrected chi connectivity index (χ3v) is 6.66. The molecular weight excluding hydrogens is 302 g/mol. The van der Waals surface area contributed by atoms with Crippen molar-refractivity contribution in [2.75, 3.05) is 25.9 Å². The lowest BCUT2D eigenvalue weighted by atomic mass is 9.98. The number of sulfonamides is 1. The zero-order valence-corrected chi connectivity index (χ0v) is 14.1. The minimum atomic E-state index is -3.31. The van der Waals surface area contributed by atoms with Gasteiger partial charge in [0, 0.05) is 25.2 Å². The van der Waals surface area contributed by atoms with Crippen LogP contribution in [0.15, 0.2) is 0 Å². The van der Waals surface area contributed by atoms with Crippen LogP contribution in [-0.4, -0.2) is 67.5 Å². The van der Waals surface area contributed by atoms with Gasteiger partial charge in [0.15, 0.2) is 0 Å². The second-order valence-corrected chi connectivity index (χ2v) is 8.82. The first-order valence-corrected chi connectivity index (χ1v) is 10.3. The van der Waals surface area contributed by atoms with E-state index >= 15 is 0 Å². The third kappa shape index (κ3) is 3.31. The van der Waals surface area contributed by atoms with Gasteiger partial charge in [0.25, 0.3) is 0 Å². The molecule has 3 heterocycles. The lowest BCUT2D eigenvalue weighted by molar-refractivity contribution is -0.126. The lowest BCUT2D eigenvalue weighted by Crippen LogP contribution is -2.55. The van der Waals surface area contributed by atoms with Crippen molar-refractivity contribution in [2.24, 2.45) is 0 Å². The Balaban J connectivity index is 1.65. The molecule has 3 rings (SSSR count). The molecular formula is C15H27N3O3S. The van der Waals surface area contributed by atoms with E-state index in [1.165, 1.54) is 23.4 Å². The number of hydrogen-bond donors (Lipinski definition) is 1. The summed E-state index contributed by atoms with van der Waals surface area (Å²) in [5, 5.41) is 3.16. The molecule has 1 amide bonds. The van der Waals surface area contributed by atoms with E-state index < -0.39 is 16.1 Å². The van der Waals surface area contributed by atoms with Gasteiger partial charge in [-0.15, -0.1) is 0 Å². The maximum Gasteiger partial charge on any atom is 0.238 e. The van der Waals surface area contributed by atoms with Crippen LogP contribution in [-0.2, 0) is 14.8 Å². The van der Waals surface area contributed by atoms with Crippen LogP contribution in [0.2, 0.25) is 0 Å². The van der Waals surface area contributed by atoms with Crippen LogP contribution in [0.4, 0.5) is 0 Å². The second kappa shape index (κ2) is 6.45. The molecule has 0 spiro atoms. The summed E-state index contributed by atoms with van der Waals surface area (Å²) in [6, 6.07) is 0.130. The summed E-state index contributed by atoms with van der Waals surface area (Å²) in [5.41, 5.74) is 0. The highest BCUT2D eigenvalue weighted by atomic mass is 32.2. The first kappa shape index (κ1) is 16.2. The predicted octanol–water partition coefficient (Wildman–Crippen LogP) is 0.544. The van der Waals surface area contributed by atoms with Crippen LogP contribution in [0.25, 0.3) is 0 Å². The Hall–Kier alpha value is -0.660. The van der Waals surface area contributed by atoms with Crippen LogP contribution in [0, 0.1) is 0 Å². The van der Waals surface area contributed by atoms with E-state index in [2.05, 4.69) is 10.2 Å². The van der Waals surface area contributed by atoms with Crippen LogP contribution in [0.5, 0.6) is 0 Å². The van der Waals surface area contributed by atoms with Gasteiger partial charge in [-0.2, -0.15) is 4.31 Å². The quantitative estimate of drug-likeness (QED) is 0.821. The molecule has 3 aliphatic rings. The fourth-order valence-electron chi connectivity index (χ4n) is 4.26. The Labute approximate surface area is 133 Å². The topological polar surface area (TPSA) is 69.7 Å². The number of amides is 1. The van der Waals surface area contributed by atoms with Crippen molar-refractivity contribution in [1.29, 1.82) is 0 Å². The van der Waals surface area contributed by atoms with Crippen molar-refractivity contribution in [1.82, 2.24) is 14.5 Å². The van der Waals surface area contributed by atoms with E-state index in [0.717, 1.165) is 38.8 Å². The molecule has 6 nitrogen and oxygen atoms in total. The monoisotopic (exact) mass is 329 g/mol. The Morgan fingerprint density at radius 3 is 2.50 bits per heavy atom. The fourth-order valence-corrected chi connectivity index (χ4v) is 5.38. The van der Waals surface area contributed by atoms with Gasteiger partial charge in [-0.1, -0.05) is 12.8 Å². The Morgan fingerprint density at radius 1 is 1.00 bits per heavy atom. The number of fused-ring (bicyclic) bond motifs is 1. The molecule has 0 radical (unpaired) electrons. The molecule has 126 valence electrons. The number of nitrogens with one attached hydrogen (secondary N) is 1. The third-order valence-electron chi connectivity index (χ3n) is 5.37. The average molecular weight is 329 g/mol. The van der Waals surface area contributed by atoms with Crippen molar-refractivity contribution in [3.05, 3.63) is 0 Å². The summed E-state index contributed by atoms with van der Waals surface area (Å²) in [7, 11) is -3.31. The van der Waals surface area contributed by atoms with Crippen LogP contribution >= 0.6 is 0 Å². The zero-order chi connectivity index (χ0) is 15.7.